The Morgan fingerprint density at radius 1 is 1.28 bits per heavy atom. The lowest BCUT2D eigenvalue weighted by Crippen LogP contribution is -2.16. The molecule has 7 heteroatoms. The van der Waals surface area contributed by atoms with Crippen LogP contribution in [0.25, 0.3) is 5.69 Å². The quantitative estimate of drug-likeness (QED) is 0.758. The van der Waals surface area contributed by atoms with E-state index in [4.69, 9.17) is 16.3 Å². The maximum atomic E-state index is 13.1. The van der Waals surface area contributed by atoms with Gasteiger partial charge in [0.05, 0.1) is 25.3 Å². The van der Waals surface area contributed by atoms with Gasteiger partial charge in [-0.2, -0.15) is 0 Å². The predicted molar refractivity (Wildman–Crippen MR) is 94.2 cm³/mol. The van der Waals surface area contributed by atoms with Crippen molar-refractivity contribution in [1.29, 1.82) is 0 Å². The van der Waals surface area contributed by atoms with Crippen molar-refractivity contribution >= 4 is 23.2 Å². The molecule has 25 heavy (non-hydrogen) atoms. The molecule has 0 atom stereocenters. The highest BCUT2D eigenvalue weighted by molar-refractivity contribution is 6.31. The topological polar surface area (TPSA) is 56.1 Å². The molecule has 0 fully saturated rings. The van der Waals surface area contributed by atoms with E-state index in [2.05, 4.69) is 10.3 Å². The van der Waals surface area contributed by atoms with Crippen LogP contribution in [-0.4, -0.2) is 22.6 Å². The molecule has 1 heterocycles. The fourth-order valence-corrected chi connectivity index (χ4v) is 2.54. The lowest BCUT2D eigenvalue weighted by Gasteiger charge is -2.13. The summed E-state index contributed by atoms with van der Waals surface area (Å²) >= 11 is 6.08. The molecule has 5 nitrogen and oxygen atoms in total. The summed E-state index contributed by atoms with van der Waals surface area (Å²) in [5.74, 6) is -0.269. The number of aryl methyl sites for hydroxylation is 1. The summed E-state index contributed by atoms with van der Waals surface area (Å²) in [5, 5.41) is 3.34. The number of nitrogens with zero attached hydrogens (tertiary/aromatic N) is 2. The molecule has 2 aromatic carbocycles. The van der Waals surface area contributed by atoms with Gasteiger partial charge in [-0.3, -0.25) is 9.36 Å². The van der Waals surface area contributed by atoms with Gasteiger partial charge in [-0.25, -0.2) is 9.37 Å². The summed E-state index contributed by atoms with van der Waals surface area (Å²) < 4.78 is 19.9. The largest absolute Gasteiger partial charge is 0.495 e. The van der Waals surface area contributed by atoms with Crippen LogP contribution in [0.2, 0.25) is 5.02 Å². The van der Waals surface area contributed by atoms with E-state index in [1.54, 1.807) is 28.8 Å². The van der Waals surface area contributed by atoms with Crippen LogP contribution in [0.3, 0.4) is 0 Å². The first-order chi connectivity index (χ1) is 12.0. The fraction of sp³-hybridized carbons (Fsp3) is 0.111. The minimum atomic E-state index is -0.373. The summed E-state index contributed by atoms with van der Waals surface area (Å²) in [7, 11) is 1.50. The Bertz CT molecular complexity index is 923. The van der Waals surface area contributed by atoms with E-state index in [9.17, 15) is 9.18 Å². The van der Waals surface area contributed by atoms with Crippen molar-refractivity contribution in [2.24, 2.45) is 0 Å². The summed E-state index contributed by atoms with van der Waals surface area (Å²) in [5.41, 5.74) is 2.25. The third kappa shape index (κ3) is 3.49. The molecule has 0 aliphatic carbocycles. The molecular weight excluding hydrogens is 345 g/mol. The number of nitrogens with one attached hydrogen (secondary N) is 1. The number of imidazole rings is 1. The molecule has 1 amide bonds. The van der Waals surface area contributed by atoms with Crippen LogP contribution in [0, 0.1) is 12.7 Å². The summed E-state index contributed by atoms with van der Waals surface area (Å²) in [6.45, 7) is 1.83. The Hall–Kier alpha value is -2.86. The highest BCUT2D eigenvalue weighted by atomic mass is 35.5. The summed E-state index contributed by atoms with van der Waals surface area (Å²) in [6.07, 6.45) is 2.93. The van der Waals surface area contributed by atoms with Crippen LogP contribution in [0.1, 0.15) is 16.1 Å². The number of hydrogen-bond donors (Lipinski definition) is 1. The highest BCUT2D eigenvalue weighted by Crippen LogP contribution is 2.31. The van der Waals surface area contributed by atoms with Gasteiger partial charge in [0.2, 0.25) is 0 Å². The van der Waals surface area contributed by atoms with Crippen LogP contribution in [-0.2, 0) is 0 Å². The zero-order chi connectivity index (χ0) is 18.0. The molecule has 0 aliphatic rings. The second-order valence-corrected chi connectivity index (χ2v) is 5.79. The fourth-order valence-electron chi connectivity index (χ4n) is 2.39. The SMILES string of the molecule is COc1cc(Cl)c(C)cc1NC(=O)c1cncn1-c1ccc(F)cc1. The van der Waals surface area contributed by atoms with Gasteiger partial charge in [0.25, 0.3) is 5.91 Å². The number of ether oxygens (including phenoxy) is 1. The molecule has 0 spiro atoms. The number of rotatable bonds is 4. The second-order valence-electron chi connectivity index (χ2n) is 5.38. The van der Waals surface area contributed by atoms with E-state index in [-0.39, 0.29) is 11.7 Å². The van der Waals surface area contributed by atoms with E-state index in [1.165, 1.54) is 31.8 Å². The molecule has 0 unspecified atom stereocenters. The van der Waals surface area contributed by atoms with Gasteiger partial charge >= 0.3 is 0 Å². The first-order valence-electron chi connectivity index (χ1n) is 7.43. The van der Waals surface area contributed by atoms with E-state index in [0.29, 0.717) is 27.8 Å². The number of benzene rings is 2. The Balaban J connectivity index is 1.92. The standard InChI is InChI=1S/C18H15ClFN3O2/c1-11-7-15(17(25-2)8-14(11)19)22-18(24)16-9-21-10-23(16)13-5-3-12(20)4-6-13/h3-10H,1-2H3,(H,22,24). The van der Waals surface area contributed by atoms with E-state index < -0.39 is 0 Å². The van der Waals surface area contributed by atoms with Gasteiger partial charge in [0, 0.05) is 16.8 Å². The molecule has 1 N–H and O–H groups in total. The van der Waals surface area contributed by atoms with Crippen molar-refractivity contribution in [2.45, 2.75) is 6.92 Å². The molecule has 0 saturated heterocycles. The molecule has 3 rings (SSSR count). The van der Waals surface area contributed by atoms with Crippen molar-refractivity contribution in [2.75, 3.05) is 12.4 Å². The highest BCUT2D eigenvalue weighted by Gasteiger charge is 2.16. The van der Waals surface area contributed by atoms with Crippen molar-refractivity contribution in [1.82, 2.24) is 9.55 Å². The van der Waals surface area contributed by atoms with Gasteiger partial charge in [-0.1, -0.05) is 11.6 Å². The van der Waals surface area contributed by atoms with Gasteiger partial charge < -0.3 is 10.1 Å². The van der Waals surface area contributed by atoms with Crippen molar-refractivity contribution in [3.05, 3.63) is 71.0 Å². The lowest BCUT2D eigenvalue weighted by molar-refractivity contribution is 0.102. The number of carbonyl (C=O) groups excluding carboxylic acids is 1. The summed E-state index contributed by atoms with van der Waals surface area (Å²) in [6, 6.07) is 9.16. The zero-order valence-corrected chi connectivity index (χ0v) is 14.3. The number of amides is 1. The van der Waals surface area contributed by atoms with Crippen LogP contribution in [0.15, 0.2) is 48.9 Å². The van der Waals surface area contributed by atoms with Gasteiger partial charge in [0.1, 0.15) is 17.3 Å². The predicted octanol–water partition coefficient (Wildman–Crippen LogP) is 4.23. The third-order valence-corrected chi connectivity index (χ3v) is 4.11. The minimum Gasteiger partial charge on any atom is -0.495 e. The van der Waals surface area contributed by atoms with Crippen LogP contribution < -0.4 is 10.1 Å². The Morgan fingerprint density at radius 2 is 2.00 bits per heavy atom. The maximum absolute atomic E-state index is 13.1. The average Bonchev–Trinajstić information content (AvgIpc) is 3.08. The monoisotopic (exact) mass is 359 g/mol. The number of carbonyl (C=O) groups is 1. The van der Waals surface area contributed by atoms with Crippen molar-refractivity contribution < 1.29 is 13.9 Å². The number of methoxy groups -OCH3 is 1. The van der Waals surface area contributed by atoms with Crippen molar-refractivity contribution in [3.63, 3.8) is 0 Å². The Kier molecular flexibility index (Phi) is 4.72. The maximum Gasteiger partial charge on any atom is 0.274 e. The Labute approximate surface area is 149 Å². The van der Waals surface area contributed by atoms with Gasteiger partial charge in [-0.05, 0) is 42.8 Å². The molecule has 0 radical (unpaired) electrons. The normalized spacial score (nSPS) is 10.6. The lowest BCUT2D eigenvalue weighted by atomic mass is 10.2. The molecule has 3 aromatic rings. The van der Waals surface area contributed by atoms with Crippen molar-refractivity contribution in [3.8, 4) is 11.4 Å². The van der Waals surface area contributed by atoms with E-state index >= 15 is 0 Å². The first kappa shape index (κ1) is 17.0. The second kappa shape index (κ2) is 6.94. The summed E-state index contributed by atoms with van der Waals surface area (Å²) in [4.78, 5) is 16.7. The molecular formula is C18H15ClFN3O2. The Morgan fingerprint density at radius 3 is 2.68 bits per heavy atom. The van der Waals surface area contributed by atoms with E-state index in [1.807, 2.05) is 6.92 Å². The number of hydrogen-bond acceptors (Lipinski definition) is 3. The minimum absolute atomic E-state index is 0.307. The first-order valence-corrected chi connectivity index (χ1v) is 7.81. The van der Waals surface area contributed by atoms with Crippen LogP contribution >= 0.6 is 11.6 Å². The van der Waals surface area contributed by atoms with Gasteiger partial charge in [-0.15, -0.1) is 0 Å². The van der Waals surface area contributed by atoms with Gasteiger partial charge in [0.15, 0.2) is 0 Å². The zero-order valence-electron chi connectivity index (χ0n) is 13.6. The smallest absolute Gasteiger partial charge is 0.274 e. The molecule has 1 aromatic heterocycles. The number of anilines is 1. The number of halogens is 2. The van der Waals surface area contributed by atoms with E-state index in [0.717, 1.165) is 5.56 Å². The molecule has 128 valence electrons. The molecule has 0 bridgehead atoms. The average molecular weight is 360 g/mol. The third-order valence-electron chi connectivity index (χ3n) is 3.70. The molecule has 0 aliphatic heterocycles. The number of aromatic nitrogens is 2. The van der Waals surface area contributed by atoms with Crippen LogP contribution in [0.5, 0.6) is 5.75 Å². The van der Waals surface area contributed by atoms with Crippen LogP contribution in [0.4, 0.5) is 10.1 Å². The molecule has 0 saturated carbocycles.